The van der Waals surface area contributed by atoms with E-state index in [9.17, 15) is 4.79 Å². The van der Waals surface area contributed by atoms with Crippen molar-refractivity contribution in [3.05, 3.63) is 72.1 Å². The van der Waals surface area contributed by atoms with Gasteiger partial charge in [-0.2, -0.15) is 0 Å². The first-order valence-electron chi connectivity index (χ1n) is 8.97. The Balaban J connectivity index is 1.55. The number of hydrogen-bond donors (Lipinski definition) is 1. The van der Waals surface area contributed by atoms with Crippen LogP contribution >= 0.6 is 0 Å². The molecule has 0 radical (unpaired) electrons. The Bertz CT molecular complexity index is 977. The van der Waals surface area contributed by atoms with Gasteiger partial charge in [-0.3, -0.25) is 4.79 Å². The summed E-state index contributed by atoms with van der Waals surface area (Å²) in [4.78, 5) is 22.7. The molecule has 1 aliphatic rings. The molecule has 1 aliphatic heterocycles. The first kappa shape index (κ1) is 17.8. The van der Waals surface area contributed by atoms with Crippen LogP contribution in [0.5, 0.6) is 11.6 Å². The molecule has 4 rings (SSSR count). The lowest BCUT2D eigenvalue weighted by atomic mass is 10.2. The maximum atomic E-state index is 13.1. The lowest BCUT2D eigenvalue weighted by Crippen LogP contribution is -2.36. The van der Waals surface area contributed by atoms with Crippen LogP contribution in [0.25, 0.3) is 0 Å². The molecular weight excluding hydrogens is 356 g/mol. The minimum atomic E-state index is -0.282. The van der Waals surface area contributed by atoms with E-state index < -0.39 is 0 Å². The SMILES string of the molecule is CC1CN(c2ccc(OCc3ccccc3)cc2)C(=O)c2c(N)ncnc2O1. The molecule has 2 heterocycles. The number of ether oxygens (including phenoxy) is 2. The summed E-state index contributed by atoms with van der Waals surface area (Å²) in [6.45, 7) is 2.73. The molecule has 1 amide bonds. The standard InChI is InChI=1S/C21H20N4O3/c1-14-11-25(21(26)18-19(22)23-13-24-20(18)28-14)16-7-9-17(10-8-16)27-12-15-5-3-2-4-6-15/h2-10,13-14H,11-12H2,1H3,(H2,22,23,24). The largest absolute Gasteiger partial charge is 0.489 e. The highest BCUT2D eigenvalue weighted by Gasteiger charge is 2.31. The van der Waals surface area contributed by atoms with Gasteiger partial charge in [-0.05, 0) is 36.8 Å². The molecule has 28 heavy (non-hydrogen) atoms. The molecule has 2 N–H and O–H groups in total. The number of nitrogen functional groups attached to an aromatic ring is 1. The predicted molar refractivity (Wildman–Crippen MR) is 105 cm³/mol. The van der Waals surface area contributed by atoms with Crippen LogP contribution in [0, 0.1) is 0 Å². The van der Waals surface area contributed by atoms with Gasteiger partial charge in [0, 0.05) is 5.69 Å². The van der Waals surface area contributed by atoms with E-state index in [0.29, 0.717) is 13.2 Å². The Morgan fingerprint density at radius 1 is 1.14 bits per heavy atom. The van der Waals surface area contributed by atoms with Crippen molar-refractivity contribution in [1.29, 1.82) is 0 Å². The second kappa shape index (κ2) is 7.56. The van der Waals surface area contributed by atoms with Crippen LogP contribution in [-0.2, 0) is 6.61 Å². The quantitative estimate of drug-likeness (QED) is 0.753. The van der Waals surface area contributed by atoms with E-state index >= 15 is 0 Å². The van der Waals surface area contributed by atoms with E-state index in [2.05, 4.69) is 9.97 Å². The molecule has 0 fully saturated rings. The fourth-order valence-corrected chi connectivity index (χ4v) is 3.06. The van der Waals surface area contributed by atoms with Crippen LogP contribution in [0.2, 0.25) is 0 Å². The van der Waals surface area contributed by atoms with Gasteiger partial charge in [0.25, 0.3) is 5.91 Å². The second-order valence-corrected chi connectivity index (χ2v) is 6.55. The van der Waals surface area contributed by atoms with Crippen molar-refractivity contribution in [2.45, 2.75) is 19.6 Å². The number of anilines is 2. The molecule has 2 aromatic carbocycles. The van der Waals surface area contributed by atoms with Gasteiger partial charge in [-0.15, -0.1) is 0 Å². The number of fused-ring (bicyclic) bond motifs is 1. The maximum Gasteiger partial charge on any atom is 0.267 e. The summed E-state index contributed by atoms with van der Waals surface area (Å²) in [5.41, 5.74) is 7.91. The average molecular weight is 376 g/mol. The van der Waals surface area contributed by atoms with Crippen molar-refractivity contribution in [3.8, 4) is 11.6 Å². The number of carbonyl (C=O) groups is 1. The normalized spacial score (nSPS) is 16.1. The molecule has 0 bridgehead atoms. The van der Waals surface area contributed by atoms with E-state index in [-0.39, 0.29) is 29.3 Å². The van der Waals surface area contributed by atoms with Gasteiger partial charge in [0.1, 0.15) is 36.2 Å². The van der Waals surface area contributed by atoms with E-state index in [1.807, 2.05) is 61.5 Å². The monoisotopic (exact) mass is 376 g/mol. The van der Waals surface area contributed by atoms with Crippen LogP contribution in [0.1, 0.15) is 22.8 Å². The summed E-state index contributed by atoms with van der Waals surface area (Å²) in [6, 6.07) is 17.3. The molecule has 3 aromatic rings. The van der Waals surface area contributed by atoms with Gasteiger partial charge < -0.3 is 20.1 Å². The Morgan fingerprint density at radius 3 is 2.64 bits per heavy atom. The molecule has 0 saturated heterocycles. The van der Waals surface area contributed by atoms with Crippen molar-refractivity contribution in [1.82, 2.24) is 9.97 Å². The van der Waals surface area contributed by atoms with Gasteiger partial charge in [-0.1, -0.05) is 30.3 Å². The second-order valence-electron chi connectivity index (χ2n) is 6.55. The third-order valence-corrected chi connectivity index (χ3v) is 4.45. The van der Waals surface area contributed by atoms with Crippen molar-refractivity contribution in [2.24, 2.45) is 0 Å². The first-order valence-corrected chi connectivity index (χ1v) is 8.97. The Hall–Kier alpha value is -3.61. The average Bonchev–Trinajstić information content (AvgIpc) is 2.84. The van der Waals surface area contributed by atoms with Crippen molar-refractivity contribution < 1.29 is 14.3 Å². The molecule has 7 nitrogen and oxygen atoms in total. The Morgan fingerprint density at radius 2 is 1.89 bits per heavy atom. The molecule has 0 aliphatic carbocycles. The highest BCUT2D eigenvalue weighted by Crippen LogP contribution is 2.30. The number of amides is 1. The summed E-state index contributed by atoms with van der Waals surface area (Å²) in [6.07, 6.45) is 1.05. The zero-order valence-corrected chi connectivity index (χ0v) is 15.4. The Labute approximate surface area is 162 Å². The number of nitrogens with two attached hydrogens (primary N) is 1. The summed E-state index contributed by atoms with van der Waals surface area (Å²) in [5, 5.41) is 0. The number of carbonyl (C=O) groups excluding carboxylic acids is 1. The summed E-state index contributed by atoms with van der Waals surface area (Å²) in [5.74, 6) is 0.769. The zero-order chi connectivity index (χ0) is 19.5. The van der Waals surface area contributed by atoms with Crippen molar-refractivity contribution in [2.75, 3.05) is 17.2 Å². The van der Waals surface area contributed by atoms with Gasteiger partial charge in [-0.25, -0.2) is 9.97 Å². The van der Waals surface area contributed by atoms with E-state index in [0.717, 1.165) is 17.0 Å². The molecular formula is C21H20N4O3. The van der Waals surface area contributed by atoms with E-state index in [1.54, 1.807) is 4.90 Å². The molecule has 1 aromatic heterocycles. The van der Waals surface area contributed by atoms with E-state index in [4.69, 9.17) is 15.2 Å². The van der Waals surface area contributed by atoms with Gasteiger partial charge in [0.15, 0.2) is 0 Å². The topological polar surface area (TPSA) is 90.6 Å². The zero-order valence-electron chi connectivity index (χ0n) is 15.4. The predicted octanol–water partition coefficient (Wildman–Crippen LogP) is 3.07. The third-order valence-electron chi connectivity index (χ3n) is 4.45. The van der Waals surface area contributed by atoms with Crippen molar-refractivity contribution in [3.63, 3.8) is 0 Å². The number of rotatable bonds is 4. The molecule has 1 unspecified atom stereocenters. The fraction of sp³-hybridized carbons (Fsp3) is 0.190. The molecule has 7 heteroatoms. The van der Waals surface area contributed by atoms with Crippen LogP contribution < -0.4 is 20.1 Å². The van der Waals surface area contributed by atoms with Gasteiger partial charge in [0.2, 0.25) is 5.88 Å². The fourth-order valence-electron chi connectivity index (χ4n) is 3.06. The molecule has 1 atom stereocenters. The van der Waals surface area contributed by atoms with Gasteiger partial charge in [0.05, 0.1) is 6.54 Å². The van der Waals surface area contributed by atoms with E-state index in [1.165, 1.54) is 6.33 Å². The number of nitrogens with zero attached hydrogens (tertiary/aromatic N) is 3. The smallest absolute Gasteiger partial charge is 0.267 e. The summed E-state index contributed by atoms with van der Waals surface area (Å²) >= 11 is 0. The number of aromatic nitrogens is 2. The van der Waals surface area contributed by atoms with Crippen molar-refractivity contribution >= 4 is 17.4 Å². The minimum Gasteiger partial charge on any atom is -0.489 e. The van der Waals surface area contributed by atoms with Crippen LogP contribution in [-0.4, -0.2) is 28.5 Å². The first-order chi connectivity index (χ1) is 13.6. The maximum absolute atomic E-state index is 13.1. The third kappa shape index (κ3) is 3.59. The molecule has 142 valence electrons. The highest BCUT2D eigenvalue weighted by atomic mass is 16.5. The van der Waals surface area contributed by atoms with Crippen LogP contribution in [0.15, 0.2) is 60.9 Å². The lowest BCUT2D eigenvalue weighted by molar-refractivity contribution is 0.0988. The summed E-state index contributed by atoms with van der Waals surface area (Å²) < 4.78 is 11.6. The highest BCUT2D eigenvalue weighted by molar-refractivity contribution is 6.10. The molecule has 0 saturated carbocycles. The number of hydrogen-bond acceptors (Lipinski definition) is 6. The van der Waals surface area contributed by atoms with Gasteiger partial charge >= 0.3 is 0 Å². The minimum absolute atomic E-state index is 0.108. The van der Waals surface area contributed by atoms with Crippen LogP contribution in [0.3, 0.4) is 0 Å². The number of benzene rings is 2. The Kier molecular flexibility index (Phi) is 4.80. The molecule has 0 spiro atoms. The lowest BCUT2D eigenvalue weighted by Gasteiger charge is -2.22. The summed E-state index contributed by atoms with van der Waals surface area (Å²) in [7, 11) is 0. The van der Waals surface area contributed by atoms with Crippen LogP contribution in [0.4, 0.5) is 11.5 Å².